The quantitative estimate of drug-likeness (QED) is 0.560. The second kappa shape index (κ2) is 8.78. The molecule has 1 aromatic rings. The first-order chi connectivity index (χ1) is 9.90. The molecule has 2 heteroatoms. The van der Waals surface area contributed by atoms with E-state index in [1.165, 1.54) is 50.5 Å². The van der Waals surface area contributed by atoms with Gasteiger partial charge in [0.15, 0.2) is 5.90 Å². The van der Waals surface area contributed by atoms with E-state index in [4.69, 9.17) is 9.73 Å². The molecule has 0 saturated carbocycles. The highest BCUT2D eigenvalue weighted by molar-refractivity contribution is 5.77. The predicted octanol–water partition coefficient (Wildman–Crippen LogP) is 5.30. The molecule has 2 rings (SSSR count). The zero-order chi connectivity index (χ0) is 14.0. The van der Waals surface area contributed by atoms with Crippen molar-refractivity contribution in [3.63, 3.8) is 0 Å². The van der Waals surface area contributed by atoms with Crippen LogP contribution in [0.4, 0.5) is 0 Å². The van der Waals surface area contributed by atoms with Crippen LogP contribution in [0, 0.1) is 0 Å². The zero-order valence-corrected chi connectivity index (χ0v) is 12.7. The maximum atomic E-state index is 5.72. The Balaban J connectivity index is 1.62. The van der Waals surface area contributed by atoms with Crippen molar-refractivity contribution < 1.29 is 4.74 Å². The lowest BCUT2D eigenvalue weighted by Gasteiger charge is -2.03. The van der Waals surface area contributed by atoms with Gasteiger partial charge in [0.2, 0.25) is 0 Å². The van der Waals surface area contributed by atoms with Crippen LogP contribution in [0.2, 0.25) is 0 Å². The molecule has 0 N–H and O–H groups in total. The molecule has 20 heavy (non-hydrogen) atoms. The molecule has 2 nitrogen and oxygen atoms in total. The first-order valence-electron chi connectivity index (χ1n) is 8.14. The number of ether oxygens (including phenoxy) is 1. The highest BCUT2D eigenvalue weighted by atomic mass is 16.5. The van der Waals surface area contributed by atoms with E-state index in [1.54, 1.807) is 0 Å². The molecule has 0 aromatic heterocycles. The van der Waals surface area contributed by atoms with Crippen molar-refractivity contribution in [2.24, 2.45) is 4.99 Å². The van der Waals surface area contributed by atoms with E-state index in [9.17, 15) is 0 Å². The molecule has 1 atom stereocenters. The van der Waals surface area contributed by atoms with E-state index in [0.717, 1.165) is 18.9 Å². The van der Waals surface area contributed by atoms with E-state index in [0.29, 0.717) is 0 Å². The molecule has 1 aliphatic heterocycles. The molecule has 0 radical (unpaired) electrons. The fourth-order valence-electron chi connectivity index (χ4n) is 2.64. The van der Waals surface area contributed by atoms with Gasteiger partial charge < -0.3 is 4.74 Å². The molecule has 1 aliphatic rings. The lowest BCUT2D eigenvalue weighted by atomic mass is 10.1. The molecular weight excluding hydrogens is 246 g/mol. The van der Waals surface area contributed by atoms with E-state index in [-0.39, 0.29) is 6.04 Å². The van der Waals surface area contributed by atoms with Crippen LogP contribution in [0.25, 0.3) is 0 Å². The topological polar surface area (TPSA) is 21.6 Å². The average molecular weight is 273 g/mol. The third-order valence-electron chi connectivity index (χ3n) is 3.89. The van der Waals surface area contributed by atoms with E-state index >= 15 is 0 Å². The van der Waals surface area contributed by atoms with Gasteiger partial charge in [-0.05, 0) is 12.0 Å². The van der Waals surface area contributed by atoms with E-state index in [2.05, 4.69) is 31.2 Å². The van der Waals surface area contributed by atoms with Gasteiger partial charge in [-0.2, -0.15) is 0 Å². The van der Waals surface area contributed by atoms with Crippen LogP contribution < -0.4 is 0 Å². The average Bonchev–Trinajstić information content (AvgIpc) is 2.96. The van der Waals surface area contributed by atoms with Crippen LogP contribution in [-0.4, -0.2) is 12.5 Å². The predicted molar refractivity (Wildman–Crippen MR) is 85.2 cm³/mol. The highest BCUT2D eigenvalue weighted by Gasteiger charge is 2.19. The van der Waals surface area contributed by atoms with E-state index < -0.39 is 0 Å². The summed E-state index contributed by atoms with van der Waals surface area (Å²) in [7, 11) is 0. The Bertz CT molecular complexity index is 399. The molecule has 0 saturated heterocycles. The lowest BCUT2D eigenvalue weighted by molar-refractivity contribution is 0.310. The lowest BCUT2D eigenvalue weighted by Crippen LogP contribution is -1.99. The van der Waals surface area contributed by atoms with Crippen molar-refractivity contribution in [3.05, 3.63) is 35.9 Å². The second-order valence-electron chi connectivity index (χ2n) is 5.63. The van der Waals surface area contributed by atoms with E-state index in [1.807, 2.05) is 6.07 Å². The molecule has 110 valence electrons. The van der Waals surface area contributed by atoms with Gasteiger partial charge >= 0.3 is 0 Å². The molecule has 0 aliphatic carbocycles. The monoisotopic (exact) mass is 273 g/mol. The normalized spacial score (nSPS) is 17.9. The van der Waals surface area contributed by atoms with Crippen LogP contribution in [0.3, 0.4) is 0 Å². The summed E-state index contributed by atoms with van der Waals surface area (Å²) in [6, 6.07) is 10.7. The maximum Gasteiger partial charge on any atom is 0.184 e. The fraction of sp³-hybridized carbons (Fsp3) is 0.611. The first-order valence-corrected chi connectivity index (χ1v) is 8.14. The van der Waals surface area contributed by atoms with Crippen LogP contribution in [0.5, 0.6) is 0 Å². The smallest absolute Gasteiger partial charge is 0.184 e. The Morgan fingerprint density at radius 1 is 1.00 bits per heavy atom. The van der Waals surface area contributed by atoms with Gasteiger partial charge in [-0.15, -0.1) is 0 Å². The number of benzene rings is 1. The van der Waals surface area contributed by atoms with Crippen molar-refractivity contribution in [2.45, 2.75) is 64.3 Å². The fourth-order valence-corrected chi connectivity index (χ4v) is 2.64. The third kappa shape index (κ3) is 4.99. The number of unbranched alkanes of at least 4 members (excludes halogenated alkanes) is 6. The first kappa shape index (κ1) is 15.1. The largest absolute Gasteiger partial charge is 0.478 e. The highest BCUT2D eigenvalue weighted by Crippen LogP contribution is 2.24. The van der Waals surface area contributed by atoms with Crippen molar-refractivity contribution in [3.8, 4) is 0 Å². The number of nitrogens with zero attached hydrogens (tertiary/aromatic N) is 1. The molecule has 0 spiro atoms. The van der Waals surface area contributed by atoms with Gasteiger partial charge in [0.1, 0.15) is 12.6 Å². The van der Waals surface area contributed by atoms with Gasteiger partial charge in [-0.25, -0.2) is 4.99 Å². The summed E-state index contributed by atoms with van der Waals surface area (Å²) in [6.45, 7) is 2.98. The molecule has 0 amide bonds. The minimum Gasteiger partial charge on any atom is -0.478 e. The Kier molecular flexibility index (Phi) is 6.62. The van der Waals surface area contributed by atoms with Crippen LogP contribution in [0.1, 0.15) is 69.9 Å². The minimum absolute atomic E-state index is 0.218. The van der Waals surface area contributed by atoms with Gasteiger partial charge in [-0.1, -0.05) is 75.8 Å². The summed E-state index contributed by atoms with van der Waals surface area (Å²) < 4.78 is 5.72. The molecule has 0 fully saturated rings. The van der Waals surface area contributed by atoms with Gasteiger partial charge in [0, 0.05) is 6.42 Å². The number of hydrogen-bond acceptors (Lipinski definition) is 2. The molecule has 1 aromatic carbocycles. The maximum absolute atomic E-state index is 5.72. The summed E-state index contributed by atoms with van der Waals surface area (Å²) in [5.41, 5.74) is 1.27. The molecular formula is C18H27NO. The Labute approximate surface area is 123 Å². The summed E-state index contributed by atoms with van der Waals surface area (Å²) in [5.74, 6) is 0.965. The van der Waals surface area contributed by atoms with Gasteiger partial charge in [0.25, 0.3) is 0 Å². The second-order valence-corrected chi connectivity index (χ2v) is 5.63. The van der Waals surface area contributed by atoms with Crippen molar-refractivity contribution >= 4 is 5.90 Å². The Morgan fingerprint density at radius 3 is 2.45 bits per heavy atom. The standard InChI is InChI=1S/C18H27NO/c1-2-3-4-5-6-7-11-14-18-19-17(15-20-18)16-12-9-8-10-13-16/h8-10,12-13,17H,2-7,11,14-15H2,1H3. The van der Waals surface area contributed by atoms with Crippen molar-refractivity contribution in [1.29, 1.82) is 0 Å². The van der Waals surface area contributed by atoms with Crippen molar-refractivity contribution in [2.75, 3.05) is 6.61 Å². The molecule has 1 unspecified atom stereocenters. The Hall–Kier alpha value is -1.31. The van der Waals surface area contributed by atoms with Crippen LogP contribution in [0.15, 0.2) is 35.3 Å². The van der Waals surface area contributed by atoms with Gasteiger partial charge in [-0.3, -0.25) is 0 Å². The zero-order valence-electron chi connectivity index (χ0n) is 12.7. The number of rotatable bonds is 9. The van der Waals surface area contributed by atoms with Crippen LogP contribution >= 0.6 is 0 Å². The minimum atomic E-state index is 0.218. The summed E-state index contributed by atoms with van der Waals surface area (Å²) in [4.78, 5) is 4.70. The summed E-state index contributed by atoms with van der Waals surface area (Å²) in [6.07, 6.45) is 10.4. The Morgan fingerprint density at radius 2 is 1.70 bits per heavy atom. The molecule has 1 heterocycles. The van der Waals surface area contributed by atoms with Crippen molar-refractivity contribution in [1.82, 2.24) is 0 Å². The number of aliphatic imine (C=N–C) groups is 1. The number of hydrogen-bond donors (Lipinski definition) is 0. The summed E-state index contributed by atoms with van der Waals surface area (Å²) >= 11 is 0. The SMILES string of the molecule is CCCCCCCCCC1=NC(c2ccccc2)CO1. The van der Waals surface area contributed by atoms with Crippen LogP contribution in [-0.2, 0) is 4.74 Å². The van der Waals surface area contributed by atoms with Gasteiger partial charge in [0.05, 0.1) is 0 Å². The third-order valence-corrected chi connectivity index (χ3v) is 3.89. The molecule has 0 bridgehead atoms. The summed E-state index contributed by atoms with van der Waals surface area (Å²) in [5, 5.41) is 0.